The highest BCUT2D eigenvalue weighted by molar-refractivity contribution is 5.94. The van der Waals surface area contributed by atoms with E-state index in [-0.39, 0.29) is 17.2 Å². The minimum atomic E-state index is -0.127. The van der Waals surface area contributed by atoms with Crippen molar-refractivity contribution < 1.29 is 9.59 Å². The first-order valence-corrected chi connectivity index (χ1v) is 8.75. The summed E-state index contributed by atoms with van der Waals surface area (Å²) in [6.45, 7) is 3.65. The summed E-state index contributed by atoms with van der Waals surface area (Å²) in [5.41, 5.74) is 1.77. The molecule has 0 atom stereocenters. The van der Waals surface area contributed by atoms with Gasteiger partial charge in [0.1, 0.15) is 0 Å². The van der Waals surface area contributed by atoms with Crippen molar-refractivity contribution in [2.24, 2.45) is 0 Å². The normalized spacial score (nSPS) is 16.3. The lowest BCUT2D eigenvalue weighted by atomic mass is 9.72. The van der Waals surface area contributed by atoms with Crippen LogP contribution in [0.3, 0.4) is 0 Å². The van der Waals surface area contributed by atoms with Crippen molar-refractivity contribution in [3.05, 3.63) is 71.8 Å². The van der Waals surface area contributed by atoms with Gasteiger partial charge in [-0.2, -0.15) is 0 Å². The zero-order chi connectivity index (χ0) is 17.7. The van der Waals surface area contributed by atoms with Crippen molar-refractivity contribution >= 4 is 11.8 Å². The zero-order valence-corrected chi connectivity index (χ0v) is 14.6. The van der Waals surface area contributed by atoms with E-state index in [2.05, 4.69) is 17.4 Å². The molecule has 25 heavy (non-hydrogen) atoms. The lowest BCUT2D eigenvalue weighted by molar-refractivity contribution is -0.130. The maximum absolute atomic E-state index is 12.5. The second kappa shape index (κ2) is 7.51. The number of hydrogen-bond donors (Lipinski definition) is 1. The number of carbonyl (C=O) groups is 2. The SMILES string of the molecule is CC(=O)N1CCC(CNC(=O)c2ccccc2)(c2ccccc2)CC1. The van der Waals surface area contributed by atoms with E-state index in [1.54, 1.807) is 6.92 Å². The molecule has 3 rings (SSSR count). The molecule has 1 N–H and O–H groups in total. The molecule has 4 nitrogen and oxygen atoms in total. The van der Waals surface area contributed by atoms with Gasteiger partial charge in [-0.15, -0.1) is 0 Å². The van der Waals surface area contributed by atoms with Crippen LogP contribution in [-0.4, -0.2) is 36.3 Å². The van der Waals surface area contributed by atoms with Gasteiger partial charge in [0, 0.05) is 37.5 Å². The van der Waals surface area contributed by atoms with Crippen LogP contribution in [0.1, 0.15) is 35.7 Å². The molecule has 0 saturated carbocycles. The van der Waals surface area contributed by atoms with Gasteiger partial charge in [0.05, 0.1) is 0 Å². The van der Waals surface area contributed by atoms with Gasteiger partial charge >= 0.3 is 0 Å². The van der Waals surface area contributed by atoms with Crippen molar-refractivity contribution in [3.8, 4) is 0 Å². The number of nitrogens with one attached hydrogen (secondary N) is 1. The van der Waals surface area contributed by atoms with Crippen LogP contribution in [0.2, 0.25) is 0 Å². The van der Waals surface area contributed by atoms with E-state index in [1.165, 1.54) is 5.56 Å². The topological polar surface area (TPSA) is 49.4 Å². The fourth-order valence-electron chi connectivity index (χ4n) is 3.55. The Morgan fingerprint density at radius 2 is 1.52 bits per heavy atom. The monoisotopic (exact) mass is 336 g/mol. The number of nitrogens with zero attached hydrogens (tertiary/aromatic N) is 1. The largest absolute Gasteiger partial charge is 0.351 e. The number of hydrogen-bond acceptors (Lipinski definition) is 2. The van der Waals surface area contributed by atoms with Gasteiger partial charge in [-0.1, -0.05) is 48.5 Å². The van der Waals surface area contributed by atoms with Gasteiger partial charge in [0.25, 0.3) is 5.91 Å². The minimum absolute atomic E-state index is 0.0510. The molecule has 0 spiro atoms. The van der Waals surface area contributed by atoms with Crippen molar-refractivity contribution in [2.75, 3.05) is 19.6 Å². The number of amides is 2. The summed E-state index contributed by atoms with van der Waals surface area (Å²) in [7, 11) is 0. The van der Waals surface area contributed by atoms with E-state index in [9.17, 15) is 9.59 Å². The lowest BCUT2D eigenvalue weighted by Crippen LogP contribution is -2.50. The maximum Gasteiger partial charge on any atom is 0.251 e. The molecular weight excluding hydrogens is 312 g/mol. The van der Waals surface area contributed by atoms with Crippen LogP contribution < -0.4 is 5.32 Å². The summed E-state index contributed by atoms with van der Waals surface area (Å²) in [5.74, 6) is 0.0693. The first-order chi connectivity index (χ1) is 12.1. The van der Waals surface area contributed by atoms with Crippen molar-refractivity contribution in [1.29, 1.82) is 0 Å². The first-order valence-electron chi connectivity index (χ1n) is 8.75. The number of likely N-dealkylation sites (tertiary alicyclic amines) is 1. The highest BCUT2D eigenvalue weighted by atomic mass is 16.2. The Labute approximate surface area is 148 Å². The zero-order valence-electron chi connectivity index (χ0n) is 14.6. The number of rotatable bonds is 4. The fraction of sp³-hybridized carbons (Fsp3) is 0.333. The van der Waals surface area contributed by atoms with Gasteiger partial charge in [0.15, 0.2) is 0 Å². The van der Waals surface area contributed by atoms with Crippen LogP contribution in [0.5, 0.6) is 0 Å². The van der Waals surface area contributed by atoms with E-state index in [0.29, 0.717) is 12.1 Å². The molecule has 2 aromatic carbocycles. The van der Waals surface area contributed by atoms with Gasteiger partial charge < -0.3 is 10.2 Å². The molecule has 0 aromatic heterocycles. The Hall–Kier alpha value is -2.62. The van der Waals surface area contributed by atoms with Crippen molar-refractivity contribution in [1.82, 2.24) is 10.2 Å². The second-order valence-corrected chi connectivity index (χ2v) is 6.70. The van der Waals surface area contributed by atoms with Crippen LogP contribution in [0.4, 0.5) is 0 Å². The molecule has 2 aromatic rings. The van der Waals surface area contributed by atoms with Crippen LogP contribution in [0.15, 0.2) is 60.7 Å². The van der Waals surface area contributed by atoms with Crippen LogP contribution >= 0.6 is 0 Å². The first kappa shape index (κ1) is 17.2. The predicted molar refractivity (Wildman–Crippen MR) is 98.4 cm³/mol. The highest BCUT2D eigenvalue weighted by Crippen LogP contribution is 2.35. The van der Waals surface area contributed by atoms with Crippen LogP contribution in [0, 0.1) is 0 Å². The minimum Gasteiger partial charge on any atom is -0.351 e. The Bertz CT molecular complexity index is 720. The Morgan fingerprint density at radius 1 is 0.960 bits per heavy atom. The van der Waals surface area contributed by atoms with Gasteiger partial charge in [-0.05, 0) is 30.5 Å². The smallest absolute Gasteiger partial charge is 0.251 e. The van der Waals surface area contributed by atoms with E-state index in [0.717, 1.165) is 25.9 Å². The van der Waals surface area contributed by atoms with E-state index in [1.807, 2.05) is 53.4 Å². The predicted octanol–water partition coefficient (Wildman–Crippen LogP) is 3.00. The van der Waals surface area contributed by atoms with Crippen molar-refractivity contribution in [2.45, 2.75) is 25.2 Å². The molecule has 0 aliphatic carbocycles. The number of carbonyl (C=O) groups excluding carboxylic acids is 2. The summed E-state index contributed by atoms with van der Waals surface area (Å²) in [6, 6.07) is 19.6. The third kappa shape index (κ3) is 3.90. The molecule has 130 valence electrons. The average molecular weight is 336 g/mol. The molecular formula is C21H24N2O2. The third-order valence-electron chi connectivity index (χ3n) is 5.18. The molecule has 2 amide bonds. The Kier molecular flexibility index (Phi) is 5.17. The lowest BCUT2D eigenvalue weighted by Gasteiger charge is -2.42. The van der Waals surface area contributed by atoms with E-state index in [4.69, 9.17) is 0 Å². The Morgan fingerprint density at radius 3 is 2.08 bits per heavy atom. The fourth-order valence-corrected chi connectivity index (χ4v) is 3.55. The van der Waals surface area contributed by atoms with Gasteiger partial charge in [-0.25, -0.2) is 0 Å². The molecule has 0 unspecified atom stereocenters. The quantitative estimate of drug-likeness (QED) is 0.933. The molecule has 1 fully saturated rings. The summed E-state index contributed by atoms with van der Waals surface area (Å²) in [5, 5.41) is 3.11. The Balaban J connectivity index is 1.76. The summed E-state index contributed by atoms with van der Waals surface area (Å²) in [4.78, 5) is 26.0. The molecule has 1 saturated heterocycles. The van der Waals surface area contributed by atoms with Crippen LogP contribution in [-0.2, 0) is 10.2 Å². The standard InChI is InChI=1S/C21H24N2O2/c1-17(24)23-14-12-21(13-15-23,19-10-6-3-7-11-19)16-22-20(25)18-8-4-2-5-9-18/h2-11H,12-16H2,1H3,(H,22,25). The van der Waals surface area contributed by atoms with Gasteiger partial charge in [-0.3, -0.25) is 9.59 Å². The summed E-state index contributed by atoms with van der Waals surface area (Å²) >= 11 is 0. The molecule has 4 heteroatoms. The maximum atomic E-state index is 12.5. The molecule has 1 aliphatic rings. The highest BCUT2D eigenvalue weighted by Gasteiger charge is 2.37. The molecule has 0 radical (unpaired) electrons. The summed E-state index contributed by atoms with van der Waals surface area (Å²) < 4.78 is 0. The molecule has 1 heterocycles. The van der Waals surface area contributed by atoms with E-state index < -0.39 is 0 Å². The number of benzene rings is 2. The molecule has 1 aliphatic heterocycles. The van der Waals surface area contributed by atoms with Crippen LogP contribution in [0.25, 0.3) is 0 Å². The second-order valence-electron chi connectivity index (χ2n) is 6.70. The average Bonchev–Trinajstić information content (AvgIpc) is 2.68. The number of piperidine rings is 1. The van der Waals surface area contributed by atoms with E-state index >= 15 is 0 Å². The summed E-state index contributed by atoms with van der Waals surface area (Å²) in [6.07, 6.45) is 1.71. The van der Waals surface area contributed by atoms with Gasteiger partial charge in [0.2, 0.25) is 5.91 Å². The molecule has 0 bridgehead atoms. The van der Waals surface area contributed by atoms with Crippen molar-refractivity contribution in [3.63, 3.8) is 0 Å². The third-order valence-corrected chi connectivity index (χ3v) is 5.18.